The van der Waals surface area contributed by atoms with Crippen LogP contribution in [0.4, 0.5) is 0 Å². The van der Waals surface area contributed by atoms with E-state index in [0.717, 1.165) is 11.1 Å². The number of amidine groups is 1. The first-order chi connectivity index (χ1) is 15.5. The van der Waals surface area contributed by atoms with E-state index in [4.69, 9.17) is 15.2 Å². The minimum absolute atomic E-state index is 0.245. The second-order valence-corrected chi connectivity index (χ2v) is 8.14. The minimum atomic E-state index is -0.553. The number of nitriles is 1. The highest BCUT2D eigenvalue weighted by molar-refractivity contribution is 8.17. The zero-order valence-corrected chi connectivity index (χ0v) is 18.6. The molecule has 0 aliphatic carbocycles. The Hall–Kier alpha value is -3.70. The Kier molecular flexibility index (Phi) is 6.19. The van der Waals surface area contributed by atoms with E-state index in [2.05, 4.69) is 11.1 Å². The second-order valence-electron chi connectivity index (χ2n) is 7.16. The molecule has 0 spiro atoms. The Bertz CT molecular complexity index is 1160. The van der Waals surface area contributed by atoms with Crippen LogP contribution < -0.4 is 10.5 Å². The van der Waals surface area contributed by atoms with Crippen LogP contribution in [-0.4, -0.2) is 22.6 Å². The highest BCUT2D eigenvalue weighted by atomic mass is 32.2. The normalized spacial score (nSPS) is 17.6. The lowest BCUT2D eigenvalue weighted by molar-refractivity contribution is -0.139. The number of nitrogens with zero attached hydrogens (tertiary/aromatic N) is 3. The van der Waals surface area contributed by atoms with E-state index in [1.165, 1.54) is 11.8 Å². The molecule has 1 atom stereocenters. The number of aliphatic imine (C=N–C) groups is 1. The third-order valence-electron chi connectivity index (χ3n) is 5.12. The number of rotatable bonds is 6. The Labute approximate surface area is 190 Å². The van der Waals surface area contributed by atoms with Crippen molar-refractivity contribution in [2.75, 3.05) is 6.61 Å². The predicted molar refractivity (Wildman–Crippen MR) is 123 cm³/mol. The molecular weight excluding hydrogens is 424 g/mol. The van der Waals surface area contributed by atoms with Crippen molar-refractivity contribution in [1.29, 1.82) is 5.26 Å². The summed E-state index contributed by atoms with van der Waals surface area (Å²) in [6.45, 7) is 4.22. The average Bonchev–Trinajstić information content (AvgIpc) is 3.13. The molecular formula is C24H22N4O3S. The number of allylic oxidation sites excluding steroid dienone is 2. The Balaban J connectivity index is 1.66. The number of carbonyl (C=O) groups is 1. The number of nitrogens with two attached hydrogens (primary N) is 1. The number of esters is 1. The Morgan fingerprint density at radius 3 is 2.59 bits per heavy atom. The van der Waals surface area contributed by atoms with Crippen molar-refractivity contribution in [2.24, 2.45) is 10.7 Å². The number of hydrogen-bond donors (Lipinski definition) is 1. The summed E-state index contributed by atoms with van der Waals surface area (Å²) < 4.78 is 11.2. The fraction of sp³-hybridized carbons (Fsp3) is 0.208. The van der Waals surface area contributed by atoms with Gasteiger partial charge in [-0.25, -0.2) is 9.79 Å². The Morgan fingerprint density at radius 2 is 1.94 bits per heavy atom. The van der Waals surface area contributed by atoms with Gasteiger partial charge >= 0.3 is 5.97 Å². The van der Waals surface area contributed by atoms with Gasteiger partial charge in [0.05, 0.1) is 23.9 Å². The summed E-state index contributed by atoms with van der Waals surface area (Å²) in [5.41, 5.74) is 9.11. The first-order valence-electron chi connectivity index (χ1n) is 10.1. The lowest BCUT2D eigenvalue weighted by Gasteiger charge is -2.34. The van der Waals surface area contributed by atoms with Crippen LogP contribution in [0.5, 0.6) is 5.75 Å². The molecule has 7 nitrogen and oxygen atoms in total. The van der Waals surface area contributed by atoms with Gasteiger partial charge in [-0.3, -0.25) is 4.90 Å². The SMILES string of the molecule is CCOC(=O)C1=C(C)N=C2SC(C#N)=C(N)N2[C@H]1c1ccc(OCc2ccccc2)cc1. The molecule has 2 aliphatic rings. The van der Waals surface area contributed by atoms with Gasteiger partial charge in [0.2, 0.25) is 0 Å². The molecule has 2 aromatic rings. The van der Waals surface area contributed by atoms with Gasteiger partial charge in [0.1, 0.15) is 29.2 Å². The third kappa shape index (κ3) is 4.07. The number of benzene rings is 2. The Morgan fingerprint density at radius 1 is 1.22 bits per heavy atom. The van der Waals surface area contributed by atoms with Gasteiger partial charge in [-0.2, -0.15) is 5.26 Å². The maximum absolute atomic E-state index is 12.8. The summed E-state index contributed by atoms with van der Waals surface area (Å²) in [5, 5.41) is 10.0. The predicted octanol–water partition coefficient (Wildman–Crippen LogP) is 4.21. The first kappa shape index (κ1) is 21.5. The standard InChI is InChI=1S/C24H22N4O3S/c1-3-30-23(29)20-15(2)27-24-28(22(26)19(13-25)32-24)21(20)17-9-11-18(12-10-17)31-14-16-7-5-4-6-8-16/h4-12,21H,3,14,26H2,1-2H3/t21-/m0/s1. The van der Waals surface area contributed by atoms with E-state index in [9.17, 15) is 10.1 Å². The van der Waals surface area contributed by atoms with Gasteiger partial charge in [-0.05, 0) is 48.9 Å². The quantitative estimate of drug-likeness (QED) is 0.663. The van der Waals surface area contributed by atoms with E-state index in [-0.39, 0.29) is 12.4 Å². The summed E-state index contributed by atoms with van der Waals surface area (Å²) in [6.07, 6.45) is 0. The third-order valence-corrected chi connectivity index (χ3v) is 6.09. The van der Waals surface area contributed by atoms with Gasteiger partial charge < -0.3 is 15.2 Å². The fourth-order valence-corrected chi connectivity index (χ4v) is 4.53. The van der Waals surface area contributed by atoms with Crippen molar-refractivity contribution < 1.29 is 14.3 Å². The number of ether oxygens (including phenoxy) is 2. The number of fused-ring (bicyclic) bond motifs is 1. The molecule has 0 unspecified atom stereocenters. The highest BCUT2D eigenvalue weighted by Gasteiger charge is 2.42. The molecule has 0 aromatic heterocycles. The number of hydrogen-bond acceptors (Lipinski definition) is 8. The van der Waals surface area contributed by atoms with Crippen LogP contribution in [0.3, 0.4) is 0 Å². The fourth-order valence-electron chi connectivity index (χ4n) is 3.61. The summed E-state index contributed by atoms with van der Waals surface area (Å²) in [4.78, 5) is 19.4. The van der Waals surface area contributed by atoms with E-state index < -0.39 is 12.0 Å². The smallest absolute Gasteiger partial charge is 0.338 e. The topological polar surface area (TPSA) is 101 Å². The molecule has 0 radical (unpaired) electrons. The monoisotopic (exact) mass is 446 g/mol. The van der Waals surface area contributed by atoms with Gasteiger partial charge in [-0.1, -0.05) is 42.5 Å². The lowest BCUT2D eigenvalue weighted by atomic mass is 9.94. The van der Waals surface area contributed by atoms with Crippen molar-refractivity contribution in [1.82, 2.24) is 4.90 Å². The van der Waals surface area contributed by atoms with E-state index in [1.54, 1.807) is 18.7 Å². The number of thioether (sulfide) groups is 1. The molecule has 0 saturated heterocycles. The van der Waals surface area contributed by atoms with Gasteiger partial charge in [0.25, 0.3) is 0 Å². The first-order valence-corrected chi connectivity index (χ1v) is 10.9. The molecule has 0 fully saturated rings. The van der Waals surface area contributed by atoms with Crippen LogP contribution in [0, 0.1) is 11.3 Å². The summed E-state index contributed by atoms with van der Waals surface area (Å²) in [6, 6.07) is 19.0. The molecule has 0 amide bonds. The van der Waals surface area contributed by atoms with Crippen LogP contribution in [0.2, 0.25) is 0 Å². The lowest BCUT2D eigenvalue weighted by Crippen LogP contribution is -2.38. The van der Waals surface area contributed by atoms with Gasteiger partial charge in [0.15, 0.2) is 5.17 Å². The largest absolute Gasteiger partial charge is 0.489 e. The number of carbonyl (C=O) groups excluding carboxylic acids is 1. The summed E-state index contributed by atoms with van der Waals surface area (Å²) >= 11 is 1.20. The molecule has 0 bridgehead atoms. The molecule has 8 heteroatoms. The maximum Gasteiger partial charge on any atom is 0.338 e. The zero-order chi connectivity index (χ0) is 22.7. The van der Waals surface area contributed by atoms with Crippen molar-refractivity contribution in [2.45, 2.75) is 26.5 Å². The van der Waals surface area contributed by atoms with Gasteiger partial charge in [-0.15, -0.1) is 0 Å². The van der Waals surface area contributed by atoms with Crippen LogP contribution in [0.1, 0.15) is 31.0 Å². The summed E-state index contributed by atoms with van der Waals surface area (Å²) in [7, 11) is 0. The maximum atomic E-state index is 12.8. The molecule has 32 heavy (non-hydrogen) atoms. The van der Waals surface area contributed by atoms with Crippen molar-refractivity contribution in [3.63, 3.8) is 0 Å². The van der Waals surface area contributed by atoms with E-state index >= 15 is 0 Å². The molecule has 0 saturated carbocycles. The summed E-state index contributed by atoms with van der Waals surface area (Å²) in [5.74, 6) is 0.531. The molecule has 2 heterocycles. The molecule has 2 N–H and O–H groups in total. The van der Waals surface area contributed by atoms with Crippen LogP contribution in [0.15, 0.2) is 81.6 Å². The molecule has 4 rings (SSSR count). The van der Waals surface area contributed by atoms with Crippen molar-refractivity contribution in [3.8, 4) is 11.8 Å². The van der Waals surface area contributed by atoms with Crippen LogP contribution in [0.25, 0.3) is 0 Å². The van der Waals surface area contributed by atoms with E-state index in [1.807, 2.05) is 54.6 Å². The van der Waals surface area contributed by atoms with Crippen LogP contribution >= 0.6 is 11.8 Å². The molecule has 2 aliphatic heterocycles. The zero-order valence-electron chi connectivity index (χ0n) is 17.7. The van der Waals surface area contributed by atoms with Gasteiger partial charge in [0, 0.05) is 0 Å². The average molecular weight is 447 g/mol. The highest BCUT2D eigenvalue weighted by Crippen LogP contribution is 2.45. The second kappa shape index (κ2) is 9.20. The van der Waals surface area contributed by atoms with Crippen LogP contribution in [-0.2, 0) is 16.1 Å². The van der Waals surface area contributed by atoms with Crippen molar-refractivity contribution in [3.05, 3.63) is 87.7 Å². The van der Waals surface area contributed by atoms with E-state index in [0.29, 0.717) is 33.7 Å². The van der Waals surface area contributed by atoms with Crippen molar-refractivity contribution >= 4 is 22.9 Å². The minimum Gasteiger partial charge on any atom is -0.489 e. The molecule has 2 aromatic carbocycles. The molecule has 162 valence electrons.